The molecule has 2 aromatic rings. The van der Waals surface area contributed by atoms with Crippen LogP contribution in [0.15, 0.2) is 11.4 Å². The Kier molecular flexibility index (Phi) is 3.12. The molecule has 2 rings (SSSR count). The van der Waals surface area contributed by atoms with Crippen molar-refractivity contribution in [3.63, 3.8) is 0 Å². The lowest BCUT2D eigenvalue weighted by atomic mass is 10.5. The number of halogens is 1. The molecule has 0 fully saturated rings. The number of thiophene rings is 1. The van der Waals surface area contributed by atoms with E-state index in [2.05, 4.69) is 15.5 Å². The van der Waals surface area contributed by atoms with Crippen LogP contribution >= 0.6 is 34.3 Å². The Balaban J connectivity index is 2.29. The predicted molar refractivity (Wildman–Crippen MR) is 61.0 cm³/mol. The molecular formula is C8H8ClN3S2. The van der Waals surface area contributed by atoms with Crippen LogP contribution in [0, 0.1) is 0 Å². The molecule has 74 valence electrons. The second kappa shape index (κ2) is 4.35. The van der Waals surface area contributed by atoms with Crippen LogP contribution in [0.1, 0.15) is 5.01 Å². The van der Waals surface area contributed by atoms with E-state index in [1.807, 2.05) is 18.5 Å². The molecule has 1 N–H and O–H groups in total. The number of nitrogens with zero attached hydrogens (tertiary/aromatic N) is 2. The van der Waals surface area contributed by atoms with Crippen molar-refractivity contribution in [1.29, 1.82) is 0 Å². The van der Waals surface area contributed by atoms with Crippen molar-refractivity contribution in [2.75, 3.05) is 7.05 Å². The minimum Gasteiger partial charge on any atom is -0.313 e. The molecule has 0 aliphatic heterocycles. The first kappa shape index (κ1) is 10.0. The normalized spacial score (nSPS) is 10.7. The summed E-state index contributed by atoms with van der Waals surface area (Å²) in [6, 6.07) is 1.88. The highest BCUT2D eigenvalue weighted by atomic mass is 35.5. The lowest BCUT2D eigenvalue weighted by Gasteiger charge is -1.89. The highest BCUT2D eigenvalue weighted by molar-refractivity contribution is 7.21. The lowest BCUT2D eigenvalue weighted by Crippen LogP contribution is -2.04. The summed E-state index contributed by atoms with van der Waals surface area (Å²) in [4.78, 5) is 1.01. The van der Waals surface area contributed by atoms with E-state index in [4.69, 9.17) is 11.6 Å². The van der Waals surface area contributed by atoms with Gasteiger partial charge in [0.05, 0.1) is 9.90 Å². The zero-order valence-corrected chi connectivity index (χ0v) is 9.84. The molecule has 2 heterocycles. The van der Waals surface area contributed by atoms with Crippen molar-refractivity contribution in [3.05, 3.63) is 21.5 Å². The Hall–Kier alpha value is -0.490. The zero-order chi connectivity index (χ0) is 9.97. The van der Waals surface area contributed by atoms with E-state index in [1.54, 1.807) is 22.7 Å². The van der Waals surface area contributed by atoms with Crippen LogP contribution in [0.25, 0.3) is 9.88 Å². The fourth-order valence-corrected chi connectivity index (χ4v) is 3.17. The van der Waals surface area contributed by atoms with E-state index in [9.17, 15) is 0 Å². The van der Waals surface area contributed by atoms with Crippen LogP contribution in [-0.2, 0) is 6.54 Å². The Bertz CT molecular complexity index is 424. The van der Waals surface area contributed by atoms with Gasteiger partial charge in [-0.3, -0.25) is 0 Å². The molecule has 0 saturated carbocycles. The number of hydrogen-bond donors (Lipinski definition) is 1. The fourth-order valence-electron chi connectivity index (χ4n) is 1.01. The maximum atomic E-state index is 5.99. The molecule has 0 bridgehead atoms. The highest BCUT2D eigenvalue weighted by Crippen LogP contribution is 2.34. The summed E-state index contributed by atoms with van der Waals surface area (Å²) in [5, 5.41) is 15.8. The van der Waals surface area contributed by atoms with Crippen molar-refractivity contribution in [1.82, 2.24) is 15.5 Å². The SMILES string of the molecule is CNCc1nnc(-c2sccc2Cl)s1. The smallest absolute Gasteiger partial charge is 0.159 e. The topological polar surface area (TPSA) is 37.8 Å². The number of rotatable bonds is 3. The van der Waals surface area contributed by atoms with Crippen molar-refractivity contribution < 1.29 is 0 Å². The van der Waals surface area contributed by atoms with Gasteiger partial charge in [0.15, 0.2) is 5.01 Å². The maximum absolute atomic E-state index is 5.99. The molecule has 0 atom stereocenters. The lowest BCUT2D eigenvalue weighted by molar-refractivity contribution is 0.795. The van der Waals surface area contributed by atoms with E-state index < -0.39 is 0 Å². The summed E-state index contributed by atoms with van der Waals surface area (Å²) in [5.41, 5.74) is 0. The summed E-state index contributed by atoms with van der Waals surface area (Å²) in [7, 11) is 1.89. The van der Waals surface area contributed by atoms with Crippen LogP contribution in [0.3, 0.4) is 0 Å². The maximum Gasteiger partial charge on any atom is 0.159 e. The van der Waals surface area contributed by atoms with Gasteiger partial charge in [-0.15, -0.1) is 21.5 Å². The molecule has 0 aromatic carbocycles. The molecule has 3 nitrogen and oxygen atoms in total. The van der Waals surface area contributed by atoms with E-state index in [0.717, 1.165) is 26.5 Å². The Morgan fingerprint density at radius 3 is 3.00 bits per heavy atom. The van der Waals surface area contributed by atoms with Crippen LogP contribution < -0.4 is 5.32 Å². The fraction of sp³-hybridized carbons (Fsp3) is 0.250. The van der Waals surface area contributed by atoms with E-state index >= 15 is 0 Å². The third kappa shape index (κ3) is 1.95. The average molecular weight is 246 g/mol. The molecule has 0 aliphatic rings. The molecule has 0 spiro atoms. The third-order valence-electron chi connectivity index (χ3n) is 1.61. The minimum absolute atomic E-state index is 0.751. The Labute approximate surface area is 94.8 Å². The second-order valence-electron chi connectivity index (χ2n) is 2.63. The van der Waals surface area contributed by atoms with Gasteiger partial charge in [0.1, 0.15) is 5.01 Å². The first-order valence-corrected chi connectivity index (χ1v) is 6.09. The van der Waals surface area contributed by atoms with Gasteiger partial charge >= 0.3 is 0 Å². The average Bonchev–Trinajstić information content (AvgIpc) is 2.74. The molecule has 0 amide bonds. The first-order chi connectivity index (χ1) is 6.81. The van der Waals surface area contributed by atoms with Crippen molar-refractivity contribution in [2.24, 2.45) is 0 Å². The number of aromatic nitrogens is 2. The van der Waals surface area contributed by atoms with Crippen molar-refractivity contribution >= 4 is 34.3 Å². The van der Waals surface area contributed by atoms with Crippen LogP contribution in [0.4, 0.5) is 0 Å². The van der Waals surface area contributed by atoms with Gasteiger partial charge in [0.2, 0.25) is 0 Å². The summed E-state index contributed by atoms with van der Waals surface area (Å²) in [5.74, 6) is 0. The molecule has 0 unspecified atom stereocenters. The molecular weight excluding hydrogens is 238 g/mol. The van der Waals surface area contributed by atoms with Crippen molar-refractivity contribution in [2.45, 2.75) is 6.54 Å². The molecule has 0 radical (unpaired) electrons. The molecule has 2 aromatic heterocycles. The number of nitrogens with one attached hydrogen (secondary N) is 1. The van der Waals surface area contributed by atoms with Gasteiger partial charge in [-0.25, -0.2) is 0 Å². The van der Waals surface area contributed by atoms with Gasteiger partial charge in [-0.05, 0) is 18.5 Å². The molecule has 14 heavy (non-hydrogen) atoms. The number of hydrogen-bond acceptors (Lipinski definition) is 5. The van der Waals surface area contributed by atoms with E-state index in [0.29, 0.717) is 0 Å². The van der Waals surface area contributed by atoms with E-state index in [1.165, 1.54) is 0 Å². The van der Waals surface area contributed by atoms with Crippen LogP contribution in [-0.4, -0.2) is 17.2 Å². The zero-order valence-electron chi connectivity index (χ0n) is 7.45. The van der Waals surface area contributed by atoms with Crippen molar-refractivity contribution in [3.8, 4) is 9.88 Å². The Morgan fingerprint density at radius 2 is 2.36 bits per heavy atom. The molecule has 0 aliphatic carbocycles. The van der Waals surface area contributed by atoms with Gasteiger partial charge in [0, 0.05) is 6.54 Å². The van der Waals surface area contributed by atoms with Gasteiger partial charge in [-0.1, -0.05) is 22.9 Å². The quantitative estimate of drug-likeness (QED) is 0.904. The summed E-state index contributed by atoms with van der Waals surface area (Å²) in [6.45, 7) is 0.751. The Morgan fingerprint density at radius 1 is 1.50 bits per heavy atom. The van der Waals surface area contributed by atoms with Gasteiger partial charge in [-0.2, -0.15) is 0 Å². The second-order valence-corrected chi connectivity index (χ2v) is 5.01. The standard InChI is InChI=1S/C8H8ClN3S2/c1-10-4-6-11-12-8(14-6)7-5(9)2-3-13-7/h2-3,10H,4H2,1H3. The van der Waals surface area contributed by atoms with Crippen LogP contribution in [0.2, 0.25) is 5.02 Å². The predicted octanol–water partition coefficient (Wildman–Crippen LogP) is 2.64. The van der Waals surface area contributed by atoms with E-state index in [-0.39, 0.29) is 0 Å². The highest BCUT2D eigenvalue weighted by Gasteiger charge is 2.10. The van der Waals surface area contributed by atoms with Gasteiger partial charge < -0.3 is 5.32 Å². The molecule has 0 saturated heterocycles. The summed E-state index contributed by atoms with van der Waals surface area (Å²) < 4.78 is 0. The minimum atomic E-state index is 0.751. The first-order valence-electron chi connectivity index (χ1n) is 4.01. The monoisotopic (exact) mass is 245 g/mol. The third-order valence-corrected chi connectivity index (χ3v) is 4.02. The molecule has 6 heteroatoms. The summed E-state index contributed by atoms with van der Waals surface area (Å²) >= 11 is 9.15. The van der Waals surface area contributed by atoms with Gasteiger partial charge in [0.25, 0.3) is 0 Å². The summed E-state index contributed by atoms with van der Waals surface area (Å²) in [6.07, 6.45) is 0. The largest absolute Gasteiger partial charge is 0.313 e. The van der Waals surface area contributed by atoms with Crippen LogP contribution in [0.5, 0.6) is 0 Å².